The van der Waals surface area contributed by atoms with Crippen LogP contribution in [0.3, 0.4) is 0 Å². The second-order valence-electron chi connectivity index (χ2n) is 7.95. The lowest BCUT2D eigenvalue weighted by atomic mass is 10.1. The number of ether oxygens (including phenoxy) is 1. The van der Waals surface area contributed by atoms with E-state index in [9.17, 15) is 4.39 Å². The normalized spacial score (nSPS) is 16.4. The zero-order chi connectivity index (χ0) is 22.6. The molecule has 9 heteroatoms. The van der Waals surface area contributed by atoms with Crippen molar-refractivity contribution < 1.29 is 9.13 Å². The molecule has 1 saturated heterocycles. The molecule has 0 amide bonds. The van der Waals surface area contributed by atoms with Crippen LogP contribution in [0.25, 0.3) is 5.57 Å². The molecule has 2 aliphatic rings. The van der Waals surface area contributed by atoms with Gasteiger partial charge in [0.1, 0.15) is 17.4 Å². The van der Waals surface area contributed by atoms with E-state index in [-0.39, 0.29) is 11.8 Å². The van der Waals surface area contributed by atoms with Gasteiger partial charge in [0.25, 0.3) is 0 Å². The lowest BCUT2D eigenvalue weighted by molar-refractivity contribution is 0.310. The van der Waals surface area contributed by atoms with Gasteiger partial charge in [-0.15, -0.1) is 0 Å². The van der Waals surface area contributed by atoms with Gasteiger partial charge in [0.2, 0.25) is 11.9 Å². The molecule has 33 heavy (non-hydrogen) atoms. The number of likely N-dealkylation sites (N-methyl/N-ethyl adjacent to an activating group) is 1. The highest BCUT2D eigenvalue weighted by atomic mass is 19.1. The number of anilines is 2. The number of nitrogens with zero attached hydrogens (tertiary/aromatic N) is 6. The number of aromatic nitrogens is 3. The predicted octanol–water partition coefficient (Wildman–Crippen LogP) is 3.46. The van der Waals surface area contributed by atoms with Crippen LogP contribution in [-0.2, 0) is 0 Å². The molecule has 1 fully saturated rings. The van der Waals surface area contributed by atoms with Gasteiger partial charge in [0.05, 0.1) is 6.54 Å². The van der Waals surface area contributed by atoms with E-state index >= 15 is 0 Å². The first-order valence-electron chi connectivity index (χ1n) is 10.8. The molecule has 3 aromatic rings. The summed E-state index contributed by atoms with van der Waals surface area (Å²) < 4.78 is 19.2. The Morgan fingerprint density at radius 2 is 1.67 bits per heavy atom. The smallest absolute Gasteiger partial charge is 0.328 e. The molecular weight excluding hydrogens is 421 g/mol. The molecule has 0 aliphatic carbocycles. The lowest BCUT2D eigenvalue weighted by Crippen LogP contribution is -2.45. The van der Waals surface area contributed by atoms with Gasteiger partial charge in [-0.1, -0.05) is 30.3 Å². The number of aliphatic imine (C=N–C) groups is 1. The highest BCUT2D eigenvalue weighted by Crippen LogP contribution is 2.23. The molecule has 1 aromatic heterocycles. The van der Waals surface area contributed by atoms with Crippen LogP contribution in [0, 0.1) is 5.82 Å². The summed E-state index contributed by atoms with van der Waals surface area (Å²) in [5.74, 6) is 1.95. The second-order valence-corrected chi connectivity index (χ2v) is 7.95. The second kappa shape index (κ2) is 9.33. The van der Waals surface area contributed by atoms with Gasteiger partial charge in [0.15, 0.2) is 0 Å². The van der Waals surface area contributed by atoms with Crippen LogP contribution in [0.15, 0.2) is 65.7 Å². The number of halogens is 1. The summed E-state index contributed by atoms with van der Waals surface area (Å²) in [7, 11) is 2.10. The first kappa shape index (κ1) is 21.0. The van der Waals surface area contributed by atoms with Gasteiger partial charge in [-0.2, -0.15) is 15.0 Å². The van der Waals surface area contributed by atoms with E-state index in [0.717, 1.165) is 37.3 Å². The Hall–Kier alpha value is -3.85. The molecular formula is C24H24FN7O. The molecule has 2 aromatic carbocycles. The Morgan fingerprint density at radius 3 is 2.42 bits per heavy atom. The maximum Gasteiger partial charge on any atom is 0.328 e. The molecule has 0 atom stereocenters. The van der Waals surface area contributed by atoms with Gasteiger partial charge in [-0.3, -0.25) is 4.99 Å². The van der Waals surface area contributed by atoms with E-state index in [1.807, 2.05) is 36.4 Å². The number of amidine groups is 1. The van der Waals surface area contributed by atoms with Crippen LogP contribution in [0.5, 0.6) is 11.8 Å². The topological polar surface area (TPSA) is 78.8 Å². The Kier molecular flexibility index (Phi) is 5.95. The third-order valence-electron chi connectivity index (χ3n) is 5.53. The van der Waals surface area contributed by atoms with Gasteiger partial charge in [-0.05, 0) is 48.5 Å². The summed E-state index contributed by atoms with van der Waals surface area (Å²) >= 11 is 0. The van der Waals surface area contributed by atoms with Gasteiger partial charge in [0, 0.05) is 26.2 Å². The number of rotatable bonds is 5. The maximum atomic E-state index is 13.2. The van der Waals surface area contributed by atoms with Gasteiger partial charge in [-0.25, -0.2) is 4.39 Å². The van der Waals surface area contributed by atoms with Gasteiger partial charge < -0.3 is 19.9 Å². The predicted molar refractivity (Wildman–Crippen MR) is 126 cm³/mol. The lowest BCUT2D eigenvalue weighted by Gasteiger charge is -2.32. The number of piperazine rings is 1. The molecule has 0 radical (unpaired) electrons. The summed E-state index contributed by atoms with van der Waals surface area (Å²) in [6.07, 6.45) is 1.92. The zero-order valence-corrected chi connectivity index (χ0v) is 18.3. The number of nitrogens with one attached hydrogen (secondary N) is 1. The van der Waals surface area contributed by atoms with Crippen LogP contribution in [0.1, 0.15) is 5.56 Å². The Balaban J connectivity index is 1.39. The minimum Gasteiger partial charge on any atom is -0.424 e. The largest absolute Gasteiger partial charge is 0.424 e. The molecule has 8 nitrogen and oxygen atoms in total. The number of hydrogen-bond acceptors (Lipinski definition) is 8. The minimum absolute atomic E-state index is 0.217. The van der Waals surface area contributed by atoms with E-state index < -0.39 is 0 Å². The maximum absolute atomic E-state index is 13.2. The third kappa shape index (κ3) is 5.15. The fourth-order valence-electron chi connectivity index (χ4n) is 3.64. The summed E-state index contributed by atoms with van der Waals surface area (Å²) in [6, 6.07) is 16.0. The van der Waals surface area contributed by atoms with E-state index in [1.54, 1.807) is 12.1 Å². The third-order valence-corrected chi connectivity index (χ3v) is 5.53. The van der Waals surface area contributed by atoms with Crippen molar-refractivity contribution in [3.05, 3.63) is 72.1 Å². The average molecular weight is 446 g/mol. The Bertz CT molecular complexity index is 1170. The van der Waals surface area contributed by atoms with E-state index in [0.29, 0.717) is 30.0 Å². The fourth-order valence-corrected chi connectivity index (χ4v) is 3.64. The van der Waals surface area contributed by atoms with Crippen LogP contribution in [-0.4, -0.2) is 65.5 Å². The van der Waals surface area contributed by atoms with Crippen LogP contribution >= 0.6 is 0 Å². The van der Waals surface area contributed by atoms with E-state index in [2.05, 4.69) is 42.1 Å². The number of benzene rings is 2. The molecule has 168 valence electrons. The standard InChI is InChI=1S/C24H24FN7O/c1-31-11-13-32(14-12-31)23-28-22(29-24(30-23)33-20-5-3-2-4-6-20)27-21-15-18(16-26-21)17-7-9-19(25)10-8-17/h2-10,15H,11-14,16H2,1H3,(H,26,27,28,29,30). The first-order valence-corrected chi connectivity index (χ1v) is 10.8. The quantitative estimate of drug-likeness (QED) is 0.644. The first-order chi connectivity index (χ1) is 16.1. The average Bonchev–Trinajstić information content (AvgIpc) is 3.29. The van der Waals surface area contributed by atoms with Crippen LogP contribution in [0.4, 0.5) is 16.3 Å². The SMILES string of the molecule is CN1CCN(c2nc(NC3=NCC(c4ccc(F)cc4)=C3)nc(Oc3ccccc3)n2)CC1. The van der Waals surface area contributed by atoms with Gasteiger partial charge >= 0.3 is 6.01 Å². The van der Waals surface area contributed by atoms with Crippen molar-refractivity contribution >= 4 is 23.3 Å². The molecule has 1 N–H and O–H groups in total. The minimum atomic E-state index is -0.260. The number of hydrogen-bond donors (Lipinski definition) is 1. The van der Waals surface area contributed by atoms with Crippen molar-refractivity contribution in [2.45, 2.75) is 0 Å². The Morgan fingerprint density at radius 1 is 0.909 bits per heavy atom. The van der Waals surface area contributed by atoms with Crippen LogP contribution in [0.2, 0.25) is 0 Å². The monoisotopic (exact) mass is 445 g/mol. The molecule has 0 bridgehead atoms. The number of para-hydroxylation sites is 1. The van der Waals surface area contributed by atoms with Crippen molar-refractivity contribution in [3.63, 3.8) is 0 Å². The molecule has 2 aliphatic heterocycles. The molecule has 0 spiro atoms. The van der Waals surface area contributed by atoms with Crippen molar-refractivity contribution in [3.8, 4) is 11.8 Å². The van der Waals surface area contributed by atoms with E-state index in [1.165, 1.54) is 12.1 Å². The van der Waals surface area contributed by atoms with Crippen molar-refractivity contribution in [1.29, 1.82) is 0 Å². The van der Waals surface area contributed by atoms with Crippen molar-refractivity contribution in [2.75, 3.05) is 50.0 Å². The van der Waals surface area contributed by atoms with Crippen molar-refractivity contribution in [1.82, 2.24) is 19.9 Å². The van der Waals surface area contributed by atoms with Crippen LogP contribution < -0.4 is 15.0 Å². The van der Waals surface area contributed by atoms with Crippen molar-refractivity contribution in [2.24, 2.45) is 4.99 Å². The highest BCUT2D eigenvalue weighted by molar-refractivity contribution is 6.10. The molecule has 0 saturated carbocycles. The summed E-state index contributed by atoms with van der Waals surface area (Å²) in [5, 5.41) is 3.19. The summed E-state index contributed by atoms with van der Waals surface area (Å²) in [4.78, 5) is 22.6. The van der Waals surface area contributed by atoms with E-state index in [4.69, 9.17) is 4.74 Å². The highest BCUT2D eigenvalue weighted by Gasteiger charge is 2.20. The summed E-state index contributed by atoms with van der Waals surface area (Å²) in [5.41, 5.74) is 1.92. The summed E-state index contributed by atoms with van der Waals surface area (Å²) in [6.45, 7) is 4.00. The molecule has 0 unspecified atom stereocenters. The molecule has 3 heterocycles. The fraction of sp³-hybridized carbons (Fsp3) is 0.250. The Labute approximate surface area is 191 Å². The zero-order valence-electron chi connectivity index (χ0n) is 18.3. The molecule has 5 rings (SSSR count).